The Balaban J connectivity index is 1.70. The molecule has 1 aromatic carbocycles. The fraction of sp³-hybridized carbons (Fsp3) is 0.600. The van der Waals surface area contributed by atoms with Gasteiger partial charge in [0.15, 0.2) is 0 Å². The van der Waals surface area contributed by atoms with Crippen molar-refractivity contribution in [2.24, 2.45) is 5.41 Å². The van der Waals surface area contributed by atoms with Crippen molar-refractivity contribution in [2.45, 2.75) is 50.0 Å². The summed E-state index contributed by atoms with van der Waals surface area (Å²) in [6.07, 6.45) is 7.05. The lowest BCUT2D eigenvalue weighted by atomic mass is 9.58. The van der Waals surface area contributed by atoms with Gasteiger partial charge in [0.2, 0.25) is 0 Å². The second-order valence-electron chi connectivity index (χ2n) is 5.85. The third-order valence-electron chi connectivity index (χ3n) is 4.80. The molecule has 2 saturated carbocycles. The third-order valence-corrected chi connectivity index (χ3v) is 5.41. The maximum atomic E-state index is 10.6. The topological polar surface area (TPSA) is 52.4 Å². The van der Waals surface area contributed by atoms with Crippen LogP contribution in [0, 0.1) is 15.5 Å². The number of nitro groups is 1. The zero-order chi connectivity index (χ0) is 14.2. The van der Waals surface area contributed by atoms with Crippen molar-refractivity contribution >= 4 is 17.3 Å². The molecule has 0 bridgehead atoms. The first-order valence-electron chi connectivity index (χ1n) is 7.17. The van der Waals surface area contributed by atoms with Crippen LogP contribution in [0.15, 0.2) is 24.3 Å². The lowest BCUT2D eigenvalue weighted by Gasteiger charge is -2.55. The molecule has 0 aliphatic heterocycles. The number of ether oxygens (including phenoxy) is 1. The molecule has 0 aromatic heterocycles. The summed E-state index contributed by atoms with van der Waals surface area (Å²) in [7, 11) is 0. The first-order chi connectivity index (χ1) is 9.62. The average Bonchev–Trinajstić information content (AvgIpc) is 2.48. The summed E-state index contributed by atoms with van der Waals surface area (Å²) in [6, 6.07) is 6.33. The summed E-state index contributed by atoms with van der Waals surface area (Å²) < 4.78 is 6.04. The molecule has 20 heavy (non-hydrogen) atoms. The minimum Gasteiger partial charge on any atom is -0.490 e. The van der Waals surface area contributed by atoms with Crippen LogP contribution in [0.25, 0.3) is 0 Å². The maximum Gasteiger partial charge on any atom is 0.269 e. The zero-order valence-corrected chi connectivity index (χ0v) is 12.0. The SMILES string of the molecule is O=[N+]([O-])c1ccc(OC2CC(Cl)C23CCCCC3)cc1. The summed E-state index contributed by atoms with van der Waals surface area (Å²) >= 11 is 6.44. The lowest BCUT2D eigenvalue weighted by molar-refractivity contribution is -0.384. The molecular formula is C15H18ClNO3. The van der Waals surface area contributed by atoms with E-state index in [1.807, 2.05) is 0 Å². The molecule has 0 amide bonds. The predicted octanol–water partition coefficient (Wildman–Crippen LogP) is 4.30. The van der Waals surface area contributed by atoms with E-state index < -0.39 is 4.92 Å². The molecular weight excluding hydrogens is 278 g/mol. The van der Waals surface area contributed by atoms with Crippen molar-refractivity contribution in [2.75, 3.05) is 0 Å². The van der Waals surface area contributed by atoms with Crippen molar-refractivity contribution in [1.82, 2.24) is 0 Å². The highest BCUT2D eigenvalue weighted by Gasteiger charge is 2.55. The Labute approximate surface area is 123 Å². The molecule has 4 nitrogen and oxygen atoms in total. The van der Waals surface area contributed by atoms with Gasteiger partial charge in [-0.1, -0.05) is 19.3 Å². The highest BCUT2D eigenvalue weighted by molar-refractivity contribution is 6.21. The van der Waals surface area contributed by atoms with Crippen molar-refractivity contribution in [3.8, 4) is 5.75 Å². The third kappa shape index (κ3) is 2.26. The molecule has 5 heteroatoms. The van der Waals surface area contributed by atoms with Gasteiger partial charge in [0.25, 0.3) is 5.69 Å². The molecule has 3 rings (SSSR count). The first-order valence-corrected chi connectivity index (χ1v) is 7.61. The number of rotatable bonds is 3. The summed E-state index contributed by atoms with van der Waals surface area (Å²) in [5.74, 6) is 0.703. The van der Waals surface area contributed by atoms with Crippen LogP contribution in [0.3, 0.4) is 0 Å². The molecule has 2 atom stereocenters. The van der Waals surface area contributed by atoms with Crippen LogP contribution in [0.2, 0.25) is 0 Å². The molecule has 0 heterocycles. The highest BCUT2D eigenvalue weighted by atomic mass is 35.5. The largest absolute Gasteiger partial charge is 0.490 e. The number of hydrogen-bond donors (Lipinski definition) is 0. The first kappa shape index (κ1) is 13.7. The van der Waals surface area contributed by atoms with Crippen molar-refractivity contribution < 1.29 is 9.66 Å². The summed E-state index contributed by atoms with van der Waals surface area (Å²) in [6.45, 7) is 0. The monoisotopic (exact) mass is 295 g/mol. The van der Waals surface area contributed by atoms with Crippen LogP contribution in [0.1, 0.15) is 38.5 Å². The molecule has 0 N–H and O–H groups in total. The predicted molar refractivity (Wildman–Crippen MR) is 77.3 cm³/mol. The van der Waals surface area contributed by atoms with E-state index >= 15 is 0 Å². The Hall–Kier alpha value is -1.29. The van der Waals surface area contributed by atoms with Gasteiger partial charge in [0.05, 0.1) is 4.92 Å². The molecule has 0 radical (unpaired) electrons. The molecule has 2 fully saturated rings. The fourth-order valence-electron chi connectivity index (χ4n) is 3.52. The highest BCUT2D eigenvalue weighted by Crippen LogP contribution is 2.55. The van der Waals surface area contributed by atoms with E-state index in [4.69, 9.17) is 16.3 Å². The van der Waals surface area contributed by atoms with Gasteiger partial charge in [-0.25, -0.2) is 0 Å². The Morgan fingerprint density at radius 3 is 2.40 bits per heavy atom. The fourth-order valence-corrected chi connectivity index (χ4v) is 4.04. The zero-order valence-electron chi connectivity index (χ0n) is 11.3. The smallest absolute Gasteiger partial charge is 0.269 e. The van der Waals surface area contributed by atoms with Gasteiger partial charge < -0.3 is 4.74 Å². The average molecular weight is 296 g/mol. The van der Waals surface area contributed by atoms with Crippen LogP contribution >= 0.6 is 11.6 Å². The van der Waals surface area contributed by atoms with E-state index in [1.54, 1.807) is 12.1 Å². The van der Waals surface area contributed by atoms with Gasteiger partial charge >= 0.3 is 0 Å². The summed E-state index contributed by atoms with van der Waals surface area (Å²) in [4.78, 5) is 10.2. The molecule has 0 saturated heterocycles. The molecule has 2 aliphatic carbocycles. The van der Waals surface area contributed by atoms with Crippen LogP contribution in [-0.2, 0) is 0 Å². The quantitative estimate of drug-likeness (QED) is 0.474. The Morgan fingerprint density at radius 2 is 1.85 bits per heavy atom. The molecule has 2 unspecified atom stereocenters. The standard InChI is InChI=1S/C15H18ClNO3/c16-13-10-14(15(13)8-2-1-3-9-15)20-12-6-4-11(5-7-12)17(18)19/h4-7,13-14H,1-3,8-10H2. The summed E-state index contributed by atoms with van der Waals surface area (Å²) in [5.41, 5.74) is 0.218. The van der Waals surface area contributed by atoms with Crippen molar-refractivity contribution in [1.29, 1.82) is 0 Å². The van der Waals surface area contributed by atoms with Gasteiger partial charge in [0.1, 0.15) is 11.9 Å². The van der Waals surface area contributed by atoms with Crippen molar-refractivity contribution in [3.63, 3.8) is 0 Å². The van der Waals surface area contributed by atoms with Crippen LogP contribution in [-0.4, -0.2) is 16.4 Å². The van der Waals surface area contributed by atoms with Gasteiger partial charge in [-0.3, -0.25) is 10.1 Å². The Bertz CT molecular complexity index is 496. The number of alkyl halides is 1. The van der Waals surface area contributed by atoms with Gasteiger partial charge in [0, 0.05) is 29.3 Å². The number of nitro benzene ring substituents is 1. The van der Waals surface area contributed by atoms with E-state index in [2.05, 4.69) is 0 Å². The van der Waals surface area contributed by atoms with Gasteiger partial charge in [-0.05, 0) is 25.0 Å². The minimum absolute atomic E-state index is 0.0913. The minimum atomic E-state index is -0.398. The number of halogens is 1. The second kappa shape index (κ2) is 5.24. The number of hydrogen-bond acceptors (Lipinski definition) is 3. The normalized spacial score (nSPS) is 27.9. The van der Waals surface area contributed by atoms with Crippen LogP contribution in [0.4, 0.5) is 5.69 Å². The van der Waals surface area contributed by atoms with E-state index in [9.17, 15) is 10.1 Å². The van der Waals surface area contributed by atoms with Gasteiger partial charge in [-0.15, -0.1) is 11.6 Å². The lowest BCUT2D eigenvalue weighted by Crippen LogP contribution is -2.58. The Kier molecular flexibility index (Phi) is 3.59. The van der Waals surface area contributed by atoms with Crippen LogP contribution in [0.5, 0.6) is 5.75 Å². The number of benzene rings is 1. The second-order valence-corrected chi connectivity index (χ2v) is 6.38. The number of non-ortho nitro benzene ring substituents is 1. The molecule has 1 spiro atoms. The van der Waals surface area contributed by atoms with E-state index in [0.717, 1.165) is 19.3 Å². The maximum absolute atomic E-state index is 10.6. The Morgan fingerprint density at radius 1 is 1.20 bits per heavy atom. The summed E-state index contributed by atoms with van der Waals surface area (Å²) in [5, 5.41) is 10.8. The molecule has 108 valence electrons. The van der Waals surface area contributed by atoms with Crippen molar-refractivity contribution in [3.05, 3.63) is 34.4 Å². The van der Waals surface area contributed by atoms with E-state index in [0.29, 0.717) is 5.75 Å². The van der Waals surface area contributed by atoms with E-state index in [1.165, 1.54) is 31.4 Å². The van der Waals surface area contributed by atoms with Crippen LogP contribution < -0.4 is 4.74 Å². The molecule has 2 aliphatic rings. The molecule has 1 aromatic rings. The van der Waals surface area contributed by atoms with Gasteiger partial charge in [-0.2, -0.15) is 0 Å². The van der Waals surface area contributed by atoms with E-state index in [-0.39, 0.29) is 22.6 Å². The number of nitrogens with zero attached hydrogens (tertiary/aromatic N) is 1.